The highest BCUT2D eigenvalue weighted by molar-refractivity contribution is 5.95. The van der Waals surface area contributed by atoms with Gasteiger partial charge in [-0.1, -0.05) is 18.2 Å². The second-order valence-electron chi connectivity index (χ2n) is 6.32. The standard InChI is InChI=1S/C21H20F2N2O3/c1-28-19-5-3-2-4-15(19)7-9-20(26)24-10-12-25(13-11-24)21(27)16-6-8-17(22)18(23)14-16/h2-9,14H,10-13H2,1H3/b9-7+. The molecule has 0 unspecified atom stereocenters. The molecule has 1 aliphatic rings. The summed E-state index contributed by atoms with van der Waals surface area (Å²) < 4.78 is 31.6. The van der Waals surface area contributed by atoms with E-state index in [0.717, 1.165) is 17.7 Å². The van der Waals surface area contributed by atoms with Crippen molar-refractivity contribution in [1.82, 2.24) is 9.80 Å². The van der Waals surface area contributed by atoms with E-state index < -0.39 is 11.6 Å². The molecule has 7 heteroatoms. The molecule has 28 heavy (non-hydrogen) atoms. The molecule has 0 aliphatic carbocycles. The number of rotatable bonds is 4. The van der Waals surface area contributed by atoms with Crippen LogP contribution >= 0.6 is 0 Å². The van der Waals surface area contributed by atoms with Crippen molar-refractivity contribution >= 4 is 17.9 Å². The maximum Gasteiger partial charge on any atom is 0.254 e. The summed E-state index contributed by atoms with van der Waals surface area (Å²) in [6, 6.07) is 10.5. The third-order valence-electron chi connectivity index (χ3n) is 4.59. The van der Waals surface area contributed by atoms with Crippen molar-refractivity contribution in [3.8, 4) is 5.75 Å². The smallest absolute Gasteiger partial charge is 0.254 e. The summed E-state index contributed by atoms with van der Waals surface area (Å²) in [6.45, 7) is 1.38. The molecule has 0 bridgehead atoms. The average molecular weight is 386 g/mol. The van der Waals surface area contributed by atoms with E-state index in [1.165, 1.54) is 17.0 Å². The highest BCUT2D eigenvalue weighted by Crippen LogP contribution is 2.19. The Hall–Kier alpha value is -3.22. The van der Waals surface area contributed by atoms with Crippen LogP contribution in [-0.4, -0.2) is 54.9 Å². The van der Waals surface area contributed by atoms with Crippen LogP contribution < -0.4 is 4.74 Å². The molecule has 2 aromatic rings. The highest BCUT2D eigenvalue weighted by Gasteiger charge is 2.24. The van der Waals surface area contributed by atoms with Gasteiger partial charge < -0.3 is 14.5 Å². The Morgan fingerprint density at radius 1 is 0.964 bits per heavy atom. The number of methoxy groups -OCH3 is 1. The molecule has 146 valence electrons. The van der Waals surface area contributed by atoms with Crippen molar-refractivity contribution in [2.75, 3.05) is 33.3 Å². The van der Waals surface area contributed by atoms with Gasteiger partial charge in [0, 0.05) is 43.4 Å². The molecule has 0 spiro atoms. The van der Waals surface area contributed by atoms with Gasteiger partial charge in [0.05, 0.1) is 7.11 Å². The Morgan fingerprint density at radius 2 is 1.64 bits per heavy atom. The molecule has 1 aliphatic heterocycles. The summed E-state index contributed by atoms with van der Waals surface area (Å²) in [7, 11) is 1.57. The topological polar surface area (TPSA) is 49.9 Å². The Labute approximate surface area is 161 Å². The minimum atomic E-state index is -1.05. The first-order chi connectivity index (χ1) is 13.5. The summed E-state index contributed by atoms with van der Waals surface area (Å²) in [5, 5.41) is 0. The number of para-hydroxylation sites is 1. The van der Waals surface area contributed by atoms with Crippen molar-refractivity contribution in [3.63, 3.8) is 0 Å². The monoisotopic (exact) mass is 386 g/mol. The van der Waals surface area contributed by atoms with Crippen LogP contribution in [0.5, 0.6) is 5.75 Å². The van der Waals surface area contributed by atoms with Crippen LogP contribution in [0.15, 0.2) is 48.5 Å². The van der Waals surface area contributed by atoms with Crippen molar-refractivity contribution in [3.05, 3.63) is 71.3 Å². The number of benzene rings is 2. The number of hydrogen-bond donors (Lipinski definition) is 0. The fourth-order valence-electron chi connectivity index (χ4n) is 3.01. The van der Waals surface area contributed by atoms with Gasteiger partial charge in [0.1, 0.15) is 5.75 Å². The van der Waals surface area contributed by atoms with Gasteiger partial charge in [0.25, 0.3) is 5.91 Å². The van der Waals surface area contributed by atoms with Crippen molar-refractivity contribution in [1.29, 1.82) is 0 Å². The van der Waals surface area contributed by atoms with Gasteiger partial charge in [-0.05, 0) is 30.3 Å². The van der Waals surface area contributed by atoms with E-state index in [1.807, 2.05) is 24.3 Å². The molecule has 2 aromatic carbocycles. The number of ether oxygens (including phenoxy) is 1. The molecular weight excluding hydrogens is 366 g/mol. The number of hydrogen-bond acceptors (Lipinski definition) is 3. The molecule has 2 amide bonds. The summed E-state index contributed by atoms with van der Waals surface area (Å²) in [6.07, 6.45) is 3.17. The molecule has 1 fully saturated rings. The first-order valence-electron chi connectivity index (χ1n) is 8.84. The molecule has 0 atom stereocenters. The summed E-state index contributed by atoms with van der Waals surface area (Å²) in [5.74, 6) is -1.91. The molecule has 1 heterocycles. The highest BCUT2D eigenvalue weighted by atomic mass is 19.2. The van der Waals surface area contributed by atoms with E-state index in [1.54, 1.807) is 18.1 Å². The second kappa shape index (κ2) is 8.65. The van der Waals surface area contributed by atoms with Crippen LogP contribution in [0.1, 0.15) is 15.9 Å². The molecular formula is C21H20F2N2O3. The number of carbonyl (C=O) groups is 2. The third kappa shape index (κ3) is 4.36. The first-order valence-corrected chi connectivity index (χ1v) is 8.84. The SMILES string of the molecule is COc1ccccc1/C=C/C(=O)N1CCN(C(=O)c2ccc(F)c(F)c2)CC1. The zero-order chi connectivity index (χ0) is 20.1. The van der Waals surface area contributed by atoms with E-state index in [-0.39, 0.29) is 17.4 Å². The van der Waals surface area contributed by atoms with E-state index in [9.17, 15) is 18.4 Å². The summed E-state index contributed by atoms with van der Waals surface area (Å²) in [4.78, 5) is 28.0. The van der Waals surface area contributed by atoms with E-state index in [2.05, 4.69) is 0 Å². The zero-order valence-electron chi connectivity index (χ0n) is 15.4. The van der Waals surface area contributed by atoms with Crippen molar-refractivity contribution in [2.24, 2.45) is 0 Å². The van der Waals surface area contributed by atoms with E-state index in [0.29, 0.717) is 31.9 Å². The molecule has 0 saturated carbocycles. The van der Waals surface area contributed by atoms with E-state index in [4.69, 9.17) is 4.74 Å². The lowest BCUT2D eigenvalue weighted by Gasteiger charge is -2.34. The Bertz CT molecular complexity index is 906. The minimum Gasteiger partial charge on any atom is -0.496 e. The quantitative estimate of drug-likeness (QED) is 0.759. The summed E-state index contributed by atoms with van der Waals surface area (Å²) in [5.41, 5.74) is 0.889. The Balaban J connectivity index is 1.58. The maximum atomic E-state index is 13.3. The molecule has 5 nitrogen and oxygen atoms in total. The van der Waals surface area contributed by atoms with Gasteiger partial charge in [-0.25, -0.2) is 8.78 Å². The predicted molar refractivity (Wildman–Crippen MR) is 101 cm³/mol. The fourth-order valence-corrected chi connectivity index (χ4v) is 3.01. The van der Waals surface area contributed by atoms with Gasteiger partial charge >= 0.3 is 0 Å². The van der Waals surface area contributed by atoms with Crippen LogP contribution in [0.4, 0.5) is 8.78 Å². The lowest BCUT2D eigenvalue weighted by Crippen LogP contribution is -2.50. The van der Waals surface area contributed by atoms with E-state index >= 15 is 0 Å². The second-order valence-corrected chi connectivity index (χ2v) is 6.32. The van der Waals surface area contributed by atoms with Gasteiger partial charge in [-0.2, -0.15) is 0 Å². The van der Waals surface area contributed by atoms with Gasteiger partial charge in [-0.3, -0.25) is 9.59 Å². The number of amides is 2. The van der Waals surface area contributed by atoms with Gasteiger partial charge in [-0.15, -0.1) is 0 Å². The lowest BCUT2D eigenvalue weighted by atomic mass is 10.1. The maximum absolute atomic E-state index is 13.3. The van der Waals surface area contributed by atoms with Crippen molar-refractivity contribution < 1.29 is 23.1 Å². The predicted octanol–water partition coefficient (Wildman–Crippen LogP) is 2.97. The molecule has 0 N–H and O–H groups in total. The largest absolute Gasteiger partial charge is 0.496 e. The molecule has 1 saturated heterocycles. The number of piperazine rings is 1. The number of nitrogens with zero attached hydrogens (tertiary/aromatic N) is 2. The number of halogens is 2. The van der Waals surface area contributed by atoms with Crippen LogP contribution in [0.2, 0.25) is 0 Å². The molecule has 3 rings (SSSR count). The average Bonchev–Trinajstić information content (AvgIpc) is 2.73. The number of carbonyl (C=O) groups excluding carboxylic acids is 2. The molecule has 0 aromatic heterocycles. The third-order valence-corrected chi connectivity index (χ3v) is 4.59. The Morgan fingerprint density at radius 3 is 2.32 bits per heavy atom. The normalized spacial score (nSPS) is 14.4. The lowest BCUT2D eigenvalue weighted by molar-refractivity contribution is -0.127. The molecule has 0 radical (unpaired) electrons. The van der Waals surface area contributed by atoms with Crippen LogP contribution in [0, 0.1) is 11.6 Å². The van der Waals surface area contributed by atoms with Crippen LogP contribution in [-0.2, 0) is 4.79 Å². The first kappa shape index (κ1) is 19.5. The van der Waals surface area contributed by atoms with Gasteiger partial charge in [0.2, 0.25) is 5.91 Å². The van der Waals surface area contributed by atoms with Crippen LogP contribution in [0.3, 0.4) is 0 Å². The van der Waals surface area contributed by atoms with Gasteiger partial charge in [0.15, 0.2) is 11.6 Å². The van der Waals surface area contributed by atoms with Crippen LogP contribution in [0.25, 0.3) is 6.08 Å². The Kier molecular flexibility index (Phi) is 6.03. The zero-order valence-corrected chi connectivity index (χ0v) is 15.4. The summed E-state index contributed by atoms with van der Waals surface area (Å²) >= 11 is 0. The minimum absolute atomic E-state index is 0.0924. The fraction of sp³-hybridized carbons (Fsp3) is 0.238. The van der Waals surface area contributed by atoms with Crippen molar-refractivity contribution in [2.45, 2.75) is 0 Å².